The molecule has 0 amide bonds. The van der Waals surface area contributed by atoms with E-state index < -0.39 is 5.63 Å². The minimum absolute atomic E-state index is 0.419. The van der Waals surface area contributed by atoms with Crippen LogP contribution in [0.1, 0.15) is 5.56 Å². The summed E-state index contributed by atoms with van der Waals surface area (Å²) in [4.78, 5) is 15.4. The SMILES string of the molecule is Cc1ccc(-n2cc(-c3cc4ccccc4oc3=O)[nH]c2=S)c(Cl)c1. The molecule has 2 aromatic carbocycles. The third-order valence-corrected chi connectivity index (χ3v) is 4.61. The van der Waals surface area contributed by atoms with Gasteiger partial charge in [-0.05, 0) is 49.0 Å². The Morgan fingerprint density at radius 1 is 1.16 bits per heavy atom. The van der Waals surface area contributed by atoms with E-state index in [0.717, 1.165) is 16.6 Å². The molecule has 2 aromatic heterocycles. The van der Waals surface area contributed by atoms with Crippen LogP contribution in [-0.2, 0) is 0 Å². The second kappa shape index (κ2) is 6.02. The van der Waals surface area contributed by atoms with Gasteiger partial charge in [-0.2, -0.15) is 0 Å². The van der Waals surface area contributed by atoms with E-state index in [9.17, 15) is 4.79 Å². The highest BCUT2D eigenvalue weighted by atomic mass is 35.5. The molecule has 0 unspecified atom stereocenters. The molecule has 4 aromatic rings. The average molecular weight is 369 g/mol. The second-order valence-corrected chi connectivity index (χ2v) is 6.58. The maximum absolute atomic E-state index is 12.3. The number of aromatic amines is 1. The standard InChI is InChI=1S/C19H13ClN2O2S/c1-11-6-7-16(14(20)8-11)22-10-15(21-19(22)25)13-9-12-4-2-3-5-17(12)24-18(13)23/h2-10H,1H3,(H,21,25). The first kappa shape index (κ1) is 15.9. The summed E-state index contributed by atoms with van der Waals surface area (Å²) in [5, 5.41) is 1.43. The number of aromatic nitrogens is 2. The topological polar surface area (TPSA) is 50.9 Å². The maximum atomic E-state index is 12.3. The Balaban J connectivity index is 1.90. The highest BCUT2D eigenvalue weighted by molar-refractivity contribution is 7.71. The van der Waals surface area contributed by atoms with Crippen LogP contribution in [0.3, 0.4) is 0 Å². The number of nitrogens with zero attached hydrogens (tertiary/aromatic N) is 1. The van der Waals surface area contributed by atoms with Crippen molar-refractivity contribution in [2.75, 3.05) is 0 Å². The number of fused-ring (bicyclic) bond motifs is 1. The molecule has 0 saturated carbocycles. The molecular weight excluding hydrogens is 356 g/mol. The molecule has 0 aliphatic rings. The number of imidazole rings is 1. The monoisotopic (exact) mass is 368 g/mol. The summed E-state index contributed by atoms with van der Waals surface area (Å²) < 4.78 is 7.60. The van der Waals surface area contributed by atoms with Crippen LogP contribution < -0.4 is 5.63 Å². The first-order valence-corrected chi connectivity index (χ1v) is 8.43. The number of hydrogen-bond acceptors (Lipinski definition) is 3. The summed E-state index contributed by atoms with van der Waals surface area (Å²) in [5.41, 5.74) is 2.96. The first-order valence-electron chi connectivity index (χ1n) is 7.64. The summed E-state index contributed by atoms with van der Waals surface area (Å²) in [6.07, 6.45) is 1.76. The number of rotatable bonds is 2. The molecule has 0 aliphatic carbocycles. The van der Waals surface area contributed by atoms with Gasteiger partial charge in [0.05, 0.1) is 22.0 Å². The van der Waals surface area contributed by atoms with E-state index in [4.69, 9.17) is 28.2 Å². The Hall–Kier alpha value is -2.63. The maximum Gasteiger partial charge on any atom is 0.345 e. The van der Waals surface area contributed by atoms with Gasteiger partial charge in [-0.15, -0.1) is 0 Å². The molecule has 0 atom stereocenters. The predicted molar refractivity (Wildman–Crippen MR) is 102 cm³/mol. The number of nitrogens with one attached hydrogen (secondary N) is 1. The van der Waals surface area contributed by atoms with Crippen molar-refractivity contribution in [3.63, 3.8) is 0 Å². The van der Waals surface area contributed by atoms with Crippen molar-refractivity contribution >= 4 is 34.8 Å². The Labute approximate surface area is 153 Å². The molecule has 0 bridgehead atoms. The molecule has 0 fully saturated rings. The van der Waals surface area contributed by atoms with Gasteiger partial charge in [-0.25, -0.2) is 4.79 Å². The number of para-hydroxylation sites is 1. The Morgan fingerprint density at radius 3 is 2.76 bits per heavy atom. The molecule has 1 N–H and O–H groups in total. The zero-order chi connectivity index (χ0) is 17.6. The van der Waals surface area contributed by atoms with E-state index >= 15 is 0 Å². The van der Waals surface area contributed by atoms with Crippen LogP contribution in [0.25, 0.3) is 27.9 Å². The molecular formula is C19H13ClN2O2S. The molecule has 2 heterocycles. The van der Waals surface area contributed by atoms with Gasteiger partial charge in [-0.1, -0.05) is 35.9 Å². The van der Waals surface area contributed by atoms with Crippen LogP contribution in [0.2, 0.25) is 5.02 Å². The van der Waals surface area contributed by atoms with Crippen LogP contribution in [0, 0.1) is 11.7 Å². The third kappa shape index (κ3) is 2.81. The summed E-state index contributed by atoms with van der Waals surface area (Å²) in [5.74, 6) is 0. The molecule has 0 spiro atoms. The van der Waals surface area contributed by atoms with Crippen LogP contribution in [0.5, 0.6) is 0 Å². The Morgan fingerprint density at radius 2 is 1.96 bits per heavy atom. The largest absolute Gasteiger partial charge is 0.422 e. The fraction of sp³-hybridized carbons (Fsp3) is 0.0526. The van der Waals surface area contributed by atoms with Gasteiger partial charge in [0.15, 0.2) is 4.77 Å². The van der Waals surface area contributed by atoms with Gasteiger partial charge in [0.1, 0.15) is 5.58 Å². The highest BCUT2D eigenvalue weighted by Crippen LogP contribution is 2.25. The number of benzene rings is 2. The predicted octanol–water partition coefficient (Wildman–Crippen LogP) is 5.27. The lowest BCUT2D eigenvalue weighted by atomic mass is 10.1. The van der Waals surface area contributed by atoms with Crippen molar-refractivity contribution in [1.29, 1.82) is 0 Å². The fourth-order valence-corrected chi connectivity index (χ4v) is 3.36. The number of aryl methyl sites for hydroxylation is 1. The summed E-state index contributed by atoms with van der Waals surface area (Å²) >= 11 is 11.7. The van der Waals surface area contributed by atoms with Crippen molar-refractivity contribution in [2.24, 2.45) is 0 Å². The minimum Gasteiger partial charge on any atom is -0.422 e. The number of halogens is 1. The third-order valence-electron chi connectivity index (χ3n) is 4.01. The van der Waals surface area contributed by atoms with Crippen molar-refractivity contribution in [1.82, 2.24) is 9.55 Å². The molecule has 0 radical (unpaired) electrons. The van der Waals surface area contributed by atoms with E-state index in [-0.39, 0.29) is 0 Å². The lowest BCUT2D eigenvalue weighted by Crippen LogP contribution is -2.02. The van der Waals surface area contributed by atoms with Crippen LogP contribution in [0.4, 0.5) is 0 Å². The molecule has 4 nitrogen and oxygen atoms in total. The highest BCUT2D eigenvalue weighted by Gasteiger charge is 2.13. The van der Waals surface area contributed by atoms with Crippen LogP contribution >= 0.6 is 23.8 Å². The number of H-pyrrole nitrogens is 1. The van der Waals surface area contributed by atoms with Crippen molar-refractivity contribution in [3.8, 4) is 16.9 Å². The van der Waals surface area contributed by atoms with Crippen molar-refractivity contribution in [3.05, 3.63) is 80.5 Å². The fourth-order valence-electron chi connectivity index (χ4n) is 2.77. The Kier molecular flexibility index (Phi) is 3.82. The lowest BCUT2D eigenvalue weighted by Gasteiger charge is -2.05. The van der Waals surface area contributed by atoms with Gasteiger partial charge in [0.25, 0.3) is 0 Å². The van der Waals surface area contributed by atoms with Gasteiger partial charge < -0.3 is 9.40 Å². The van der Waals surface area contributed by atoms with Gasteiger partial charge >= 0.3 is 5.63 Å². The zero-order valence-corrected chi connectivity index (χ0v) is 14.8. The number of hydrogen-bond donors (Lipinski definition) is 1. The van der Waals surface area contributed by atoms with E-state index in [1.807, 2.05) is 43.3 Å². The molecule has 0 aliphatic heterocycles. The Bertz CT molecular complexity index is 1220. The molecule has 124 valence electrons. The van der Waals surface area contributed by atoms with Crippen LogP contribution in [-0.4, -0.2) is 9.55 Å². The smallest absolute Gasteiger partial charge is 0.345 e. The molecule has 4 rings (SSSR count). The van der Waals surface area contributed by atoms with E-state index in [1.165, 1.54) is 0 Å². The van der Waals surface area contributed by atoms with Crippen LogP contribution in [0.15, 0.2) is 63.9 Å². The van der Waals surface area contributed by atoms with Gasteiger partial charge in [0, 0.05) is 11.6 Å². The quantitative estimate of drug-likeness (QED) is 0.387. The van der Waals surface area contributed by atoms with Gasteiger partial charge in [-0.3, -0.25) is 4.57 Å². The molecule has 6 heteroatoms. The second-order valence-electron chi connectivity index (χ2n) is 5.78. The zero-order valence-electron chi connectivity index (χ0n) is 13.2. The minimum atomic E-state index is -0.419. The summed E-state index contributed by atoms with van der Waals surface area (Å²) in [6.45, 7) is 1.97. The van der Waals surface area contributed by atoms with E-state index in [0.29, 0.717) is 26.6 Å². The summed E-state index contributed by atoms with van der Waals surface area (Å²) in [7, 11) is 0. The van der Waals surface area contributed by atoms with Gasteiger partial charge in [0.2, 0.25) is 0 Å². The first-order chi connectivity index (χ1) is 12.0. The average Bonchev–Trinajstić information content (AvgIpc) is 2.95. The normalized spacial score (nSPS) is 11.1. The van der Waals surface area contributed by atoms with Crippen molar-refractivity contribution in [2.45, 2.75) is 6.92 Å². The summed E-state index contributed by atoms with van der Waals surface area (Å²) in [6, 6.07) is 14.9. The van der Waals surface area contributed by atoms with E-state index in [1.54, 1.807) is 22.9 Å². The van der Waals surface area contributed by atoms with Crippen molar-refractivity contribution < 1.29 is 4.42 Å². The molecule has 0 saturated heterocycles. The lowest BCUT2D eigenvalue weighted by molar-refractivity contribution is 0.563. The molecule has 25 heavy (non-hydrogen) atoms. The van der Waals surface area contributed by atoms with E-state index in [2.05, 4.69) is 4.98 Å².